The molecule has 0 saturated carbocycles. The zero-order valence-corrected chi connectivity index (χ0v) is 9.62. The van der Waals surface area contributed by atoms with E-state index < -0.39 is 0 Å². The maximum absolute atomic E-state index is 11.7. The molecule has 2 amide bonds. The summed E-state index contributed by atoms with van der Waals surface area (Å²) in [5.41, 5.74) is 2.97. The van der Waals surface area contributed by atoms with Gasteiger partial charge < -0.3 is 0 Å². The fourth-order valence-electron chi connectivity index (χ4n) is 1.91. The van der Waals surface area contributed by atoms with Crippen LogP contribution in [0.2, 0.25) is 0 Å². The number of hydrogen-bond acceptors (Lipinski definition) is 2. The lowest BCUT2D eigenvalue weighted by molar-refractivity contribution is -0.129. The Kier molecular flexibility index (Phi) is 2.77. The number of carbonyl (C=O) groups excluding carboxylic acids is 2. The van der Waals surface area contributed by atoms with Crippen LogP contribution >= 0.6 is 0 Å². The van der Waals surface area contributed by atoms with E-state index in [2.05, 4.69) is 0 Å². The molecule has 1 aromatic rings. The molecule has 1 heterocycles. The molecule has 3 nitrogen and oxygen atoms in total. The Hall–Kier alpha value is -1.64. The van der Waals surface area contributed by atoms with Crippen LogP contribution in [0, 0.1) is 13.8 Å². The van der Waals surface area contributed by atoms with Crippen molar-refractivity contribution in [3.63, 3.8) is 0 Å². The van der Waals surface area contributed by atoms with E-state index in [1.165, 1.54) is 10.5 Å². The number of nitrogens with zero attached hydrogens (tertiary/aromatic N) is 1. The standard InChI is InChI=1S/C13H15NO2/c1-9-6-7-11(8-10(9)2)14-12(15)4-3-5-13(14)16/h6-8H,3-5H2,1-2H3. The molecule has 0 bridgehead atoms. The Balaban J connectivity index is 2.38. The van der Waals surface area contributed by atoms with E-state index in [4.69, 9.17) is 0 Å². The molecule has 0 unspecified atom stereocenters. The van der Waals surface area contributed by atoms with Gasteiger partial charge in [0.1, 0.15) is 0 Å². The van der Waals surface area contributed by atoms with Crippen LogP contribution in [0.25, 0.3) is 0 Å². The van der Waals surface area contributed by atoms with Crippen molar-refractivity contribution in [2.24, 2.45) is 0 Å². The zero-order chi connectivity index (χ0) is 11.7. The second-order valence-electron chi connectivity index (χ2n) is 4.25. The van der Waals surface area contributed by atoms with Crippen LogP contribution < -0.4 is 4.90 Å². The molecule has 0 aliphatic carbocycles. The van der Waals surface area contributed by atoms with E-state index in [1.807, 2.05) is 32.0 Å². The summed E-state index contributed by atoms with van der Waals surface area (Å²) in [7, 11) is 0. The van der Waals surface area contributed by atoms with Gasteiger partial charge in [0, 0.05) is 12.8 Å². The number of piperidine rings is 1. The fourth-order valence-corrected chi connectivity index (χ4v) is 1.91. The van der Waals surface area contributed by atoms with Gasteiger partial charge in [-0.1, -0.05) is 6.07 Å². The molecule has 0 N–H and O–H groups in total. The van der Waals surface area contributed by atoms with Crippen LogP contribution in [0.5, 0.6) is 0 Å². The van der Waals surface area contributed by atoms with Gasteiger partial charge in [-0.15, -0.1) is 0 Å². The number of imide groups is 1. The first-order valence-corrected chi connectivity index (χ1v) is 5.52. The summed E-state index contributed by atoms with van der Waals surface area (Å²) >= 11 is 0. The molecule has 1 saturated heterocycles. The highest BCUT2D eigenvalue weighted by Crippen LogP contribution is 2.23. The van der Waals surface area contributed by atoms with Crippen molar-refractivity contribution in [1.82, 2.24) is 0 Å². The molecule has 1 aliphatic rings. The average Bonchev–Trinajstić information content (AvgIpc) is 2.23. The molecular weight excluding hydrogens is 202 g/mol. The molecule has 0 atom stereocenters. The van der Waals surface area contributed by atoms with E-state index in [-0.39, 0.29) is 11.8 Å². The Morgan fingerprint density at radius 3 is 2.19 bits per heavy atom. The first kappa shape index (κ1) is 10.9. The summed E-state index contributed by atoms with van der Waals surface area (Å²) < 4.78 is 0. The lowest BCUT2D eigenvalue weighted by Crippen LogP contribution is -2.40. The van der Waals surface area contributed by atoms with Crippen LogP contribution in [-0.2, 0) is 9.59 Å². The van der Waals surface area contributed by atoms with Crippen LogP contribution in [-0.4, -0.2) is 11.8 Å². The van der Waals surface area contributed by atoms with Crippen molar-refractivity contribution < 1.29 is 9.59 Å². The smallest absolute Gasteiger partial charge is 0.233 e. The monoisotopic (exact) mass is 217 g/mol. The largest absolute Gasteiger partial charge is 0.274 e. The maximum atomic E-state index is 11.7. The van der Waals surface area contributed by atoms with Crippen LogP contribution in [0.15, 0.2) is 18.2 Å². The first-order chi connectivity index (χ1) is 7.59. The molecule has 3 heteroatoms. The number of hydrogen-bond donors (Lipinski definition) is 0. The van der Waals surface area contributed by atoms with Gasteiger partial charge in [-0.25, -0.2) is 0 Å². The molecule has 0 aromatic heterocycles. The summed E-state index contributed by atoms with van der Waals surface area (Å²) in [6.07, 6.45) is 1.62. The van der Waals surface area contributed by atoms with E-state index in [9.17, 15) is 9.59 Å². The third-order valence-corrected chi connectivity index (χ3v) is 3.03. The van der Waals surface area contributed by atoms with Gasteiger partial charge in [0.15, 0.2) is 0 Å². The Bertz CT molecular complexity index is 435. The first-order valence-electron chi connectivity index (χ1n) is 5.52. The predicted octanol–water partition coefficient (Wildman–Crippen LogP) is 2.35. The van der Waals surface area contributed by atoms with Crippen molar-refractivity contribution in [3.8, 4) is 0 Å². The van der Waals surface area contributed by atoms with E-state index in [1.54, 1.807) is 0 Å². The van der Waals surface area contributed by atoms with Crippen LogP contribution in [0.3, 0.4) is 0 Å². The van der Waals surface area contributed by atoms with Gasteiger partial charge in [0.2, 0.25) is 11.8 Å². The van der Waals surface area contributed by atoms with Crippen molar-refractivity contribution in [1.29, 1.82) is 0 Å². The summed E-state index contributed by atoms with van der Waals surface area (Å²) in [5, 5.41) is 0. The number of carbonyl (C=O) groups is 2. The number of aryl methyl sites for hydroxylation is 2. The van der Waals surface area contributed by atoms with Gasteiger partial charge in [-0.2, -0.15) is 0 Å². The molecule has 2 rings (SSSR count). The number of anilines is 1. The molecule has 1 aliphatic heterocycles. The summed E-state index contributed by atoms with van der Waals surface area (Å²) in [6.45, 7) is 4.00. The van der Waals surface area contributed by atoms with E-state index >= 15 is 0 Å². The summed E-state index contributed by atoms with van der Waals surface area (Å²) in [5.74, 6) is -0.168. The lowest BCUT2D eigenvalue weighted by atomic mass is 10.1. The number of amides is 2. The highest BCUT2D eigenvalue weighted by atomic mass is 16.2. The lowest BCUT2D eigenvalue weighted by Gasteiger charge is -2.25. The second-order valence-corrected chi connectivity index (χ2v) is 4.25. The highest BCUT2D eigenvalue weighted by molar-refractivity contribution is 6.16. The zero-order valence-electron chi connectivity index (χ0n) is 9.62. The highest BCUT2D eigenvalue weighted by Gasteiger charge is 2.27. The Morgan fingerprint density at radius 2 is 1.62 bits per heavy atom. The van der Waals surface area contributed by atoms with Crippen molar-refractivity contribution in [3.05, 3.63) is 29.3 Å². The summed E-state index contributed by atoms with van der Waals surface area (Å²) in [4.78, 5) is 24.7. The average molecular weight is 217 g/mol. The maximum Gasteiger partial charge on any atom is 0.233 e. The van der Waals surface area contributed by atoms with Crippen molar-refractivity contribution >= 4 is 17.5 Å². The van der Waals surface area contributed by atoms with E-state index in [0.717, 1.165) is 5.56 Å². The SMILES string of the molecule is Cc1ccc(N2C(=O)CCCC2=O)cc1C. The van der Waals surface area contributed by atoms with Crippen molar-refractivity contribution in [2.75, 3.05) is 4.90 Å². The normalized spacial score (nSPS) is 16.8. The molecule has 84 valence electrons. The predicted molar refractivity (Wildman–Crippen MR) is 62.3 cm³/mol. The van der Waals surface area contributed by atoms with Gasteiger partial charge in [-0.05, 0) is 43.5 Å². The molecule has 0 radical (unpaired) electrons. The minimum Gasteiger partial charge on any atom is -0.274 e. The molecule has 16 heavy (non-hydrogen) atoms. The molecular formula is C13H15NO2. The molecule has 0 spiro atoms. The number of benzene rings is 1. The van der Waals surface area contributed by atoms with Gasteiger partial charge in [0.25, 0.3) is 0 Å². The third-order valence-electron chi connectivity index (χ3n) is 3.03. The number of rotatable bonds is 1. The molecule has 1 fully saturated rings. The third kappa shape index (κ3) is 1.85. The van der Waals surface area contributed by atoms with E-state index in [0.29, 0.717) is 24.9 Å². The van der Waals surface area contributed by atoms with Crippen LogP contribution in [0.1, 0.15) is 30.4 Å². The second kappa shape index (κ2) is 4.08. The fraction of sp³-hybridized carbons (Fsp3) is 0.385. The summed E-state index contributed by atoms with van der Waals surface area (Å²) in [6, 6.07) is 5.68. The Labute approximate surface area is 95.1 Å². The quantitative estimate of drug-likeness (QED) is 0.677. The minimum atomic E-state index is -0.0838. The van der Waals surface area contributed by atoms with Crippen LogP contribution in [0.4, 0.5) is 5.69 Å². The van der Waals surface area contributed by atoms with Gasteiger partial charge in [0.05, 0.1) is 5.69 Å². The van der Waals surface area contributed by atoms with Gasteiger partial charge >= 0.3 is 0 Å². The van der Waals surface area contributed by atoms with Gasteiger partial charge in [-0.3, -0.25) is 14.5 Å². The Morgan fingerprint density at radius 1 is 1.00 bits per heavy atom. The topological polar surface area (TPSA) is 37.4 Å². The van der Waals surface area contributed by atoms with Crippen molar-refractivity contribution in [2.45, 2.75) is 33.1 Å². The molecule has 1 aromatic carbocycles. The minimum absolute atomic E-state index is 0.0838.